The number of hydrogen-bond donors (Lipinski definition) is 0. The van der Waals surface area contributed by atoms with E-state index in [4.69, 9.17) is 0 Å². The molecule has 0 atom stereocenters. The first-order chi connectivity index (χ1) is 13.8. The minimum absolute atomic E-state index is 0. The van der Waals surface area contributed by atoms with Crippen molar-refractivity contribution < 1.29 is 34.2 Å². The smallest absolute Gasteiger partial charge is 0.300 e. The fourth-order valence-corrected chi connectivity index (χ4v) is 2.88. The van der Waals surface area contributed by atoms with Crippen molar-refractivity contribution in [2.45, 2.75) is 19.3 Å². The van der Waals surface area contributed by atoms with Crippen LogP contribution in [0.15, 0.2) is 48.8 Å². The topological polar surface area (TPSA) is 56.5 Å². The maximum Gasteiger partial charge on any atom is 2.00 e. The molecule has 0 saturated heterocycles. The molecule has 0 fully saturated rings. The maximum atomic E-state index is 14.0. The van der Waals surface area contributed by atoms with Crippen LogP contribution in [0.2, 0.25) is 0 Å². The third kappa shape index (κ3) is 4.19. The van der Waals surface area contributed by atoms with Crippen LogP contribution in [0.1, 0.15) is 25.2 Å². The predicted octanol–water partition coefficient (Wildman–Crippen LogP) is 4.07. The van der Waals surface area contributed by atoms with Crippen molar-refractivity contribution in [3.63, 3.8) is 0 Å². The normalized spacial score (nSPS) is 11.2. The van der Waals surface area contributed by atoms with E-state index >= 15 is 0 Å². The van der Waals surface area contributed by atoms with Crippen LogP contribution in [-0.2, 0) is 26.5 Å². The Morgan fingerprint density at radius 2 is 1.77 bits per heavy atom. The van der Waals surface area contributed by atoms with Crippen molar-refractivity contribution >= 4 is 0 Å². The van der Waals surface area contributed by atoms with Crippen molar-refractivity contribution in [3.8, 4) is 16.9 Å². The van der Waals surface area contributed by atoms with Gasteiger partial charge in [0.2, 0.25) is 0 Å². The number of nitrogens with zero attached hydrogens (tertiary/aromatic N) is 5. The van der Waals surface area contributed by atoms with E-state index in [1.807, 2.05) is 13.8 Å². The van der Waals surface area contributed by atoms with Crippen molar-refractivity contribution in [1.82, 2.24) is 24.7 Å². The van der Waals surface area contributed by atoms with Crippen molar-refractivity contribution in [2.75, 3.05) is 0 Å². The van der Waals surface area contributed by atoms with Crippen LogP contribution >= 0.6 is 0 Å². The molecule has 0 N–H and O–H groups in total. The average molecular weight is 588 g/mol. The van der Waals surface area contributed by atoms with Crippen LogP contribution in [-0.4, -0.2) is 24.7 Å². The molecule has 0 amide bonds. The standard InChI is InChI=1S/C21H14F3N5.Pt/c1-21(2,17-9-11-29(28-17)13-8-10-25-19(23)12-13)16-5-3-4-15(26-16)14-6-7-18(22)27-20(14)24;/h3-5,7,9-12H,1-2H3;/q-2;+2. The minimum atomic E-state index is -0.980. The molecule has 0 bridgehead atoms. The van der Waals surface area contributed by atoms with E-state index in [2.05, 4.69) is 32.2 Å². The molecule has 0 aliphatic rings. The van der Waals surface area contributed by atoms with Gasteiger partial charge in [-0.05, 0) is 31.7 Å². The van der Waals surface area contributed by atoms with Crippen LogP contribution < -0.4 is 0 Å². The van der Waals surface area contributed by atoms with Gasteiger partial charge in [-0.25, -0.2) is 19.2 Å². The molecule has 0 radical (unpaired) electrons. The zero-order chi connectivity index (χ0) is 20.6. The Morgan fingerprint density at radius 3 is 2.50 bits per heavy atom. The van der Waals surface area contributed by atoms with Crippen LogP contribution in [0.5, 0.6) is 0 Å². The predicted molar refractivity (Wildman–Crippen MR) is 98.5 cm³/mol. The Balaban J connectivity index is 0.00000256. The molecule has 0 aliphatic heterocycles. The second-order valence-electron chi connectivity index (χ2n) is 6.82. The molecule has 5 nitrogen and oxygen atoms in total. The molecule has 4 rings (SSSR count). The zero-order valence-corrected chi connectivity index (χ0v) is 18.1. The Morgan fingerprint density at radius 1 is 0.967 bits per heavy atom. The Kier molecular flexibility index (Phi) is 6.17. The van der Waals surface area contributed by atoms with Gasteiger partial charge >= 0.3 is 21.1 Å². The van der Waals surface area contributed by atoms with Crippen LogP contribution in [0.4, 0.5) is 13.2 Å². The molecule has 4 heterocycles. The first kappa shape index (κ1) is 21.8. The number of halogens is 3. The monoisotopic (exact) mass is 588 g/mol. The van der Waals surface area contributed by atoms with Gasteiger partial charge in [-0.15, -0.1) is 12.1 Å². The molecule has 0 aromatic carbocycles. The van der Waals surface area contributed by atoms with Crippen molar-refractivity contribution in [3.05, 3.63) is 90.2 Å². The van der Waals surface area contributed by atoms with Gasteiger partial charge in [0.25, 0.3) is 0 Å². The third-order valence-electron chi connectivity index (χ3n) is 4.52. The summed E-state index contributed by atoms with van der Waals surface area (Å²) >= 11 is 0. The van der Waals surface area contributed by atoms with E-state index in [1.54, 1.807) is 30.5 Å². The fraction of sp³-hybridized carbons (Fsp3) is 0.143. The second kappa shape index (κ2) is 8.48. The summed E-state index contributed by atoms with van der Waals surface area (Å²) in [4.78, 5) is 11.2. The van der Waals surface area contributed by atoms with Crippen LogP contribution in [0.25, 0.3) is 16.9 Å². The number of aromatic nitrogens is 5. The Labute approximate surface area is 185 Å². The van der Waals surface area contributed by atoms with Crippen molar-refractivity contribution in [1.29, 1.82) is 0 Å². The summed E-state index contributed by atoms with van der Waals surface area (Å²) in [6.07, 6.45) is 2.92. The van der Waals surface area contributed by atoms with Gasteiger partial charge in [-0.1, -0.05) is 35.6 Å². The number of hydrogen-bond acceptors (Lipinski definition) is 4. The van der Waals surface area contributed by atoms with Gasteiger partial charge in [-0.2, -0.15) is 5.10 Å². The summed E-state index contributed by atoms with van der Waals surface area (Å²) in [5.74, 6) is -2.56. The number of rotatable bonds is 4. The Hall–Kier alpha value is -2.86. The van der Waals surface area contributed by atoms with Gasteiger partial charge in [0.15, 0.2) is 0 Å². The first-order valence-corrected chi connectivity index (χ1v) is 8.66. The summed E-state index contributed by atoms with van der Waals surface area (Å²) in [5.41, 5.74) is 1.30. The van der Waals surface area contributed by atoms with E-state index in [0.29, 0.717) is 17.1 Å². The van der Waals surface area contributed by atoms with Gasteiger partial charge in [0.1, 0.15) is 17.8 Å². The van der Waals surface area contributed by atoms with Crippen molar-refractivity contribution in [2.24, 2.45) is 0 Å². The molecular formula is C21H14F3N5Pt. The molecule has 9 heteroatoms. The maximum absolute atomic E-state index is 14.0. The summed E-state index contributed by atoms with van der Waals surface area (Å²) in [6, 6.07) is 14.4. The summed E-state index contributed by atoms with van der Waals surface area (Å²) < 4.78 is 42.0. The first-order valence-electron chi connectivity index (χ1n) is 8.66. The Bertz CT molecular complexity index is 1190. The minimum Gasteiger partial charge on any atom is -0.300 e. The molecule has 30 heavy (non-hydrogen) atoms. The van der Waals surface area contributed by atoms with Crippen LogP contribution in [0, 0.1) is 30.0 Å². The SMILES string of the molecule is CC(C)(c1cccc(-c2[c-]cc(F)nc2F)n1)c1ccn(-c2[c-]cnc(F)c2)n1.[Pt+2]. The van der Waals surface area contributed by atoms with Gasteiger partial charge in [0, 0.05) is 11.9 Å². The summed E-state index contributed by atoms with van der Waals surface area (Å²) in [6.45, 7) is 3.82. The fourth-order valence-electron chi connectivity index (χ4n) is 2.88. The molecule has 0 spiro atoms. The van der Waals surface area contributed by atoms with E-state index in [1.165, 1.54) is 16.9 Å². The van der Waals surface area contributed by atoms with E-state index < -0.39 is 23.3 Å². The largest absolute Gasteiger partial charge is 2.00 e. The molecule has 4 aromatic heterocycles. The molecule has 4 aromatic rings. The zero-order valence-electron chi connectivity index (χ0n) is 15.8. The summed E-state index contributed by atoms with van der Waals surface area (Å²) in [5, 5.41) is 4.51. The molecule has 0 aliphatic carbocycles. The average Bonchev–Trinajstić information content (AvgIpc) is 3.19. The van der Waals surface area contributed by atoms with E-state index in [-0.39, 0.29) is 32.3 Å². The quantitative estimate of drug-likeness (QED) is 0.267. The molecule has 0 unspecified atom stereocenters. The van der Waals surface area contributed by atoms with Crippen LogP contribution in [0.3, 0.4) is 0 Å². The van der Waals surface area contributed by atoms with E-state index in [9.17, 15) is 13.2 Å². The van der Waals surface area contributed by atoms with Gasteiger partial charge < -0.3 is 4.98 Å². The summed E-state index contributed by atoms with van der Waals surface area (Å²) in [7, 11) is 0. The molecule has 154 valence electrons. The van der Waals surface area contributed by atoms with E-state index in [0.717, 1.165) is 6.07 Å². The second-order valence-corrected chi connectivity index (χ2v) is 6.82. The molecule has 0 saturated carbocycles. The molecular weight excluding hydrogens is 574 g/mol. The van der Waals surface area contributed by atoms with Gasteiger partial charge in [0.05, 0.1) is 11.1 Å². The third-order valence-corrected chi connectivity index (χ3v) is 4.52. The van der Waals surface area contributed by atoms with Gasteiger partial charge in [-0.3, -0.25) is 14.6 Å². The number of pyridine rings is 3.